The van der Waals surface area contributed by atoms with Gasteiger partial charge in [-0.1, -0.05) is 45.7 Å². The van der Waals surface area contributed by atoms with Crippen LogP contribution >= 0.6 is 27.5 Å². The zero-order valence-corrected chi connectivity index (χ0v) is 14.0. The Balaban J connectivity index is 1.79. The van der Waals surface area contributed by atoms with Gasteiger partial charge in [-0.3, -0.25) is 0 Å². The average molecular weight is 368 g/mol. The molecule has 0 saturated carbocycles. The lowest BCUT2D eigenvalue weighted by Gasteiger charge is -2.09. The van der Waals surface area contributed by atoms with Gasteiger partial charge in [-0.2, -0.15) is 0 Å². The molecule has 0 aliphatic rings. The van der Waals surface area contributed by atoms with Crippen molar-refractivity contribution in [1.82, 2.24) is 5.32 Å². The first-order valence-electron chi connectivity index (χ1n) is 6.60. The van der Waals surface area contributed by atoms with E-state index in [0.29, 0.717) is 17.3 Å². The molecule has 2 N–H and O–H groups in total. The van der Waals surface area contributed by atoms with Crippen LogP contribution in [0, 0.1) is 6.92 Å². The summed E-state index contributed by atoms with van der Waals surface area (Å²) < 4.78 is 1.05. The number of amides is 2. The molecule has 0 saturated heterocycles. The Kier molecular flexibility index (Phi) is 5.65. The fourth-order valence-corrected chi connectivity index (χ4v) is 2.26. The van der Waals surface area contributed by atoms with Crippen LogP contribution in [-0.4, -0.2) is 12.6 Å². The lowest BCUT2D eigenvalue weighted by molar-refractivity contribution is 0.252. The topological polar surface area (TPSA) is 41.1 Å². The number of halogens is 2. The van der Waals surface area contributed by atoms with Crippen LogP contribution in [0.5, 0.6) is 0 Å². The normalized spacial score (nSPS) is 10.2. The van der Waals surface area contributed by atoms with Crippen molar-refractivity contribution in [2.24, 2.45) is 0 Å². The van der Waals surface area contributed by atoms with Gasteiger partial charge in [-0.15, -0.1) is 0 Å². The Morgan fingerprint density at radius 1 is 1.19 bits per heavy atom. The third-order valence-corrected chi connectivity index (χ3v) is 3.98. The van der Waals surface area contributed by atoms with Crippen LogP contribution in [0.3, 0.4) is 0 Å². The van der Waals surface area contributed by atoms with Crippen LogP contribution in [0.15, 0.2) is 46.9 Å². The molecule has 0 bridgehead atoms. The molecule has 2 rings (SSSR count). The molecule has 0 spiro atoms. The third-order valence-electron chi connectivity index (χ3n) is 3.04. The lowest BCUT2D eigenvalue weighted by Crippen LogP contribution is -2.30. The smallest absolute Gasteiger partial charge is 0.319 e. The molecule has 2 aromatic carbocycles. The van der Waals surface area contributed by atoms with Gasteiger partial charge in [0.25, 0.3) is 0 Å². The van der Waals surface area contributed by atoms with Crippen LogP contribution in [0.4, 0.5) is 10.5 Å². The predicted octanol–water partition coefficient (Wildman–Crippen LogP) is 4.78. The fraction of sp³-hybridized carbons (Fsp3) is 0.188. The van der Waals surface area contributed by atoms with Crippen molar-refractivity contribution < 1.29 is 4.79 Å². The van der Waals surface area contributed by atoms with Crippen molar-refractivity contribution in [3.63, 3.8) is 0 Å². The van der Waals surface area contributed by atoms with E-state index in [1.807, 2.05) is 43.3 Å². The first-order valence-corrected chi connectivity index (χ1v) is 7.77. The van der Waals surface area contributed by atoms with Gasteiger partial charge < -0.3 is 10.6 Å². The Morgan fingerprint density at radius 3 is 2.57 bits per heavy atom. The number of anilines is 1. The van der Waals surface area contributed by atoms with Crippen LogP contribution in [0.25, 0.3) is 0 Å². The Morgan fingerprint density at radius 2 is 1.90 bits per heavy atom. The molecular formula is C16H16BrClN2O. The van der Waals surface area contributed by atoms with Gasteiger partial charge in [0.1, 0.15) is 0 Å². The molecule has 0 heterocycles. The number of carbonyl (C=O) groups excluding carboxylic acids is 1. The number of rotatable bonds is 4. The van der Waals surface area contributed by atoms with Gasteiger partial charge in [0.15, 0.2) is 0 Å². The maximum atomic E-state index is 11.8. The summed E-state index contributed by atoms with van der Waals surface area (Å²) in [4.78, 5) is 11.8. The zero-order chi connectivity index (χ0) is 15.2. The van der Waals surface area contributed by atoms with Crippen molar-refractivity contribution in [2.45, 2.75) is 13.3 Å². The molecule has 2 aromatic rings. The van der Waals surface area contributed by atoms with E-state index in [4.69, 9.17) is 11.6 Å². The van der Waals surface area contributed by atoms with E-state index in [0.717, 1.165) is 16.5 Å². The van der Waals surface area contributed by atoms with E-state index in [1.54, 1.807) is 6.07 Å². The molecule has 2 amide bonds. The van der Waals surface area contributed by atoms with Crippen molar-refractivity contribution in [1.29, 1.82) is 0 Å². The lowest BCUT2D eigenvalue weighted by atomic mass is 10.1. The molecule has 5 heteroatoms. The highest BCUT2D eigenvalue weighted by Crippen LogP contribution is 2.19. The standard InChI is InChI=1S/C16H16BrClN2O/c1-11-2-7-14(10-15(11)18)20-16(21)19-9-8-12-3-5-13(17)6-4-12/h2-7,10H,8-9H2,1H3,(H2,19,20,21). The number of carbonyl (C=O) groups is 1. The molecule has 0 atom stereocenters. The average Bonchev–Trinajstić information content (AvgIpc) is 2.45. The molecule has 0 fully saturated rings. The van der Waals surface area contributed by atoms with Crippen LogP contribution in [0.2, 0.25) is 5.02 Å². The molecule has 0 aliphatic carbocycles. The quantitative estimate of drug-likeness (QED) is 0.802. The summed E-state index contributed by atoms with van der Waals surface area (Å²) in [5, 5.41) is 6.23. The SMILES string of the molecule is Cc1ccc(NC(=O)NCCc2ccc(Br)cc2)cc1Cl. The number of urea groups is 1. The largest absolute Gasteiger partial charge is 0.338 e. The van der Waals surface area contributed by atoms with E-state index in [1.165, 1.54) is 5.56 Å². The highest BCUT2D eigenvalue weighted by atomic mass is 79.9. The van der Waals surface area contributed by atoms with Crippen molar-refractivity contribution >= 4 is 39.2 Å². The molecular weight excluding hydrogens is 352 g/mol. The summed E-state index contributed by atoms with van der Waals surface area (Å²) in [6, 6.07) is 13.3. The number of aryl methyl sites for hydroxylation is 1. The van der Waals surface area contributed by atoms with Crippen LogP contribution in [0.1, 0.15) is 11.1 Å². The van der Waals surface area contributed by atoms with E-state index in [2.05, 4.69) is 26.6 Å². The van der Waals surface area contributed by atoms with Gasteiger partial charge in [-0.05, 0) is 48.7 Å². The molecule has 21 heavy (non-hydrogen) atoms. The van der Waals surface area contributed by atoms with E-state index in [-0.39, 0.29) is 6.03 Å². The fourth-order valence-electron chi connectivity index (χ4n) is 1.82. The Hall–Kier alpha value is -1.52. The second-order valence-electron chi connectivity index (χ2n) is 4.72. The summed E-state index contributed by atoms with van der Waals surface area (Å²) in [6.45, 7) is 2.50. The third kappa shape index (κ3) is 5.06. The highest BCUT2D eigenvalue weighted by Gasteiger charge is 2.03. The number of benzene rings is 2. The maximum absolute atomic E-state index is 11.8. The predicted molar refractivity (Wildman–Crippen MR) is 91.1 cm³/mol. The van der Waals surface area contributed by atoms with Gasteiger partial charge in [0.2, 0.25) is 0 Å². The Labute approximate surface area is 137 Å². The van der Waals surface area contributed by atoms with Crippen molar-refractivity contribution in [3.8, 4) is 0 Å². The minimum Gasteiger partial charge on any atom is -0.338 e. The summed E-state index contributed by atoms with van der Waals surface area (Å²) in [6.07, 6.45) is 0.787. The molecule has 0 radical (unpaired) electrons. The molecule has 0 unspecified atom stereocenters. The second kappa shape index (κ2) is 7.48. The van der Waals surface area contributed by atoms with Crippen molar-refractivity contribution in [2.75, 3.05) is 11.9 Å². The number of hydrogen-bond acceptors (Lipinski definition) is 1. The molecule has 110 valence electrons. The van der Waals surface area contributed by atoms with Gasteiger partial charge in [0.05, 0.1) is 0 Å². The molecule has 0 aromatic heterocycles. The van der Waals surface area contributed by atoms with Gasteiger partial charge in [-0.25, -0.2) is 4.79 Å². The first kappa shape index (κ1) is 15.9. The minimum atomic E-state index is -0.230. The monoisotopic (exact) mass is 366 g/mol. The van der Waals surface area contributed by atoms with Crippen molar-refractivity contribution in [3.05, 3.63) is 63.1 Å². The molecule has 0 aliphatic heterocycles. The number of hydrogen-bond donors (Lipinski definition) is 2. The zero-order valence-electron chi connectivity index (χ0n) is 11.6. The second-order valence-corrected chi connectivity index (χ2v) is 6.04. The summed E-state index contributed by atoms with van der Waals surface area (Å²) >= 11 is 9.41. The maximum Gasteiger partial charge on any atom is 0.319 e. The minimum absolute atomic E-state index is 0.230. The summed E-state index contributed by atoms with van der Waals surface area (Å²) in [5.41, 5.74) is 2.85. The summed E-state index contributed by atoms with van der Waals surface area (Å²) in [5.74, 6) is 0. The van der Waals surface area contributed by atoms with Gasteiger partial charge in [0, 0.05) is 21.7 Å². The molecule has 3 nitrogen and oxygen atoms in total. The van der Waals surface area contributed by atoms with Crippen LogP contribution < -0.4 is 10.6 Å². The van der Waals surface area contributed by atoms with E-state index in [9.17, 15) is 4.79 Å². The first-order chi connectivity index (χ1) is 10.0. The van der Waals surface area contributed by atoms with Gasteiger partial charge >= 0.3 is 6.03 Å². The van der Waals surface area contributed by atoms with Crippen LogP contribution in [-0.2, 0) is 6.42 Å². The Bertz CT molecular complexity index is 629. The van der Waals surface area contributed by atoms with E-state index >= 15 is 0 Å². The van der Waals surface area contributed by atoms with E-state index < -0.39 is 0 Å². The number of nitrogens with one attached hydrogen (secondary N) is 2. The highest BCUT2D eigenvalue weighted by molar-refractivity contribution is 9.10. The summed E-state index contributed by atoms with van der Waals surface area (Å²) in [7, 11) is 0.